The number of ether oxygens (including phenoxy) is 1. The van der Waals surface area contributed by atoms with Crippen molar-refractivity contribution in [1.82, 2.24) is 5.32 Å². The summed E-state index contributed by atoms with van der Waals surface area (Å²) in [5.74, 6) is -0.0298. The summed E-state index contributed by atoms with van der Waals surface area (Å²) in [6.45, 7) is 4.97. The minimum atomic E-state index is -0.666. The van der Waals surface area contributed by atoms with E-state index < -0.39 is 12.1 Å². The van der Waals surface area contributed by atoms with Gasteiger partial charge < -0.3 is 20.3 Å². The average molecular weight is 1000 g/mol. The fourth-order valence-corrected chi connectivity index (χ4v) is 10.3. The zero-order valence-corrected chi connectivity index (χ0v) is 48.2. The second-order valence-electron chi connectivity index (χ2n) is 22.5. The molecule has 0 heterocycles. The number of allylic oxidation sites excluding steroid dienone is 2. The van der Waals surface area contributed by atoms with Gasteiger partial charge in [0.25, 0.3) is 0 Å². The van der Waals surface area contributed by atoms with E-state index in [1.165, 1.54) is 289 Å². The summed E-state index contributed by atoms with van der Waals surface area (Å²) in [6, 6.07) is -0.543. The van der Waals surface area contributed by atoms with Crippen LogP contribution in [0.2, 0.25) is 0 Å². The first-order valence-corrected chi connectivity index (χ1v) is 32.4. The largest absolute Gasteiger partial charge is 0.466 e. The molecule has 0 fully saturated rings. The third-order valence-corrected chi connectivity index (χ3v) is 15.3. The molecule has 6 heteroatoms. The molecule has 0 aliphatic heterocycles. The van der Waals surface area contributed by atoms with E-state index in [1.807, 2.05) is 0 Å². The monoisotopic (exact) mass is 1000 g/mol. The number of amides is 1. The van der Waals surface area contributed by atoms with Gasteiger partial charge in [0.2, 0.25) is 5.91 Å². The topological polar surface area (TPSA) is 95.9 Å². The van der Waals surface area contributed by atoms with Crippen LogP contribution in [-0.4, -0.2) is 47.4 Å². The Kier molecular flexibility index (Phi) is 59.9. The summed E-state index contributed by atoms with van der Waals surface area (Å²) in [7, 11) is 0. The maximum absolute atomic E-state index is 12.5. The lowest BCUT2D eigenvalue weighted by atomic mass is 10.0. The van der Waals surface area contributed by atoms with Crippen molar-refractivity contribution < 1.29 is 24.5 Å². The first kappa shape index (κ1) is 69.6. The molecule has 0 aromatic heterocycles. The fraction of sp³-hybridized carbons (Fsp3) is 0.938. The normalized spacial score (nSPS) is 12.6. The van der Waals surface area contributed by atoms with Gasteiger partial charge in [-0.25, -0.2) is 0 Å². The van der Waals surface area contributed by atoms with Crippen molar-refractivity contribution in [3.63, 3.8) is 0 Å². The van der Waals surface area contributed by atoms with Crippen LogP contribution in [0, 0.1) is 0 Å². The van der Waals surface area contributed by atoms with Gasteiger partial charge in [-0.05, 0) is 51.4 Å². The average Bonchev–Trinajstić information content (AvgIpc) is 3.37. The predicted octanol–water partition coefficient (Wildman–Crippen LogP) is 20.4. The maximum atomic E-state index is 12.5. The number of aliphatic hydroxyl groups is 2. The lowest BCUT2D eigenvalue weighted by Gasteiger charge is -2.22. The Morgan fingerprint density at radius 3 is 1.00 bits per heavy atom. The molecule has 0 aromatic carbocycles. The van der Waals surface area contributed by atoms with Gasteiger partial charge >= 0.3 is 5.97 Å². The van der Waals surface area contributed by atoms with Crippen molar-refractivity contribution in [2.45, 2.75) is 379 Å². The van der Waals surface area contributed by atoms with Gasteiger partial charge in [-0.2, -0.15) is 0 Å². The van der Waals surface area contributed by atoms with E-state index in [9.17, 15) is 19.8 Å². The van der Waals surface area contributed by atoms with Gasteiger partial charge in [0, 0.05) is 12.8 Å². The van der Waals surface area contributed by atoms with Crippen molar-refractivity contribution in [3.05, 3.63) is 12.2 Å². The van der Waals surface area contributed by atoms with Gasteiger partial charge in [-0.3, -0.25) is 9.59 Å². The molecule has 422 valence electrons. The molecule has 0 spiro atoms. The number of esters is 1. The number of carbonyl (C=O) groups excluding carboxylic acids is 2. The van der Waals surface area contributed by atoms with Crippen LogP contribution in [0.25, 0.3) is 0 Å². The Balaban J connectivity index is 3.39. The molecule has 2 atom stereocenters. The Labute approximate surface area is 444 Å². The molecule has 0 aromatic rings. The maximum Gasteiger partial charge on any atom is 0.305 e. The van der Waals surface area contributed by atoms with Gasteiger partial charge in [-0.15, -0.1) is 0 Å². The van der Waals surface area contributed by atoms with E-state index in [-0.39, 0.29) is 18.5 Å². The lowest BCUT2D eigenvalue weighted by molar-refractivity contribution is -0.143. The van der Waals surface area contributed by atoms with Crippen molar-refractivity contribution in [3.8, 4) is 0 Å². The van der Waals surface area contributed by atoms with E-state index >= 15 is 0 Å². The summed E-state index contributed by atoms with van der Waals surface area (Å²) in [4.78, 5) is 24.6. The summed E-state index contributed by atoms with van der Waals surface area (Å²) in [5.41, 5.74) is 0. The smallest absolute Gasteiger partial charge is 0.305 e. The molecule has 0 aliphatic rings. The highest BCUT2D eigenvalue weighted by Crippen LogP contribution is 2.18. The molecule has 0 saturated heterocycles. The van der Waals surface area contributed by atoms with E-state index in [0.29, 0.717) is 25.9 Å². The van der Waals surface area contributed by atoms with Crippen LogP contribution >= 0.6 is 0 Å². The second kappa shape index (κ2) is 61.1. The van der Waals surface area contributed by atoms with Gasteiger partial charge in [0.15, 0.2) is 0 Å². The molecular formula is C65H127NO5. The molecule has 0 bridgehead atoms. The number of unbranched alkanes of at least 4 members (excludes halogenated alkanes) is 48. The van der Waals surface area contributed by atoms with Crippen LogP contribution in [-0.2, 0) is 14.3 Å². The molecule has 3 N–H and O–H groups in total. The summed E-state index contributed by atoms with van der Waals surface area (Å²) < 4.78 is 5.48. The summed E-state index contributed by atoms with van der Waals surface area (Å²) in [6.07, 6.45) is 73.7. The quantitative estimate of drug-likeness (QED) is 0.0320. The van der Waals surface area contributed by atoms with Crippen LogP contribution in [0.3, 0.4) is 0 Å². The molecule has 0 saturated carbocycles. The minimum Gasteiger partial charge on any atom is -0.466 e. The van der Waals surface area contributed by atoms with E-state index in [2.05, 4.69) is 31.3 Å². The molecule has 0 aliphatic carbocycles. The van der Waals surface area contributed by atoms with Crippen LogP contribution in [0.5, 0.6) is 0 Å². The standard InChI is InChI=1S/C65H127NO5/c1-3-5-7-9-11-13-15-17-19-20-21-24-27-30-33-37-41-45-49-53-57-63(68)62(61-67)66-64(69)58-54-50-46-42-38-34-31-28-25-22-23-26-29-32-36-40-44-48-52-56-60-71-65(70)59-55-51-47-43-39-35-18-16-14-12-10-8-6-4-2/h16,18,62-63,67-68H,3-15,17,19-61H2,1-2H3,(H,66,69)/b18-16-. The Morgan fingerprint density at radius 1 is 0.380 bits per heavy atom. The predicted molar refractivity (Wildman–Crippen MR) is 310 cm³/mol. The number of hydrogen-bond donors (Lipinski definition) is 3. The van der Waals surface area contributed by atoms with Crippen LogP contribution < -0.4 is 5.32 Å². The van der Waals surface area contributed by atoms with Crippen molar-refractivity contribution in [2.24, 2.45) is 0 Å². The van der Waals surface area contributed by atoms with E-state index in [1.54, 1.807) is 0 Å². The zero-order chi connectivity index (χ0) is 51.4. The highest BCUT2D eigenvalue weighted by atomic mass is 16.5. The van der Waals surface area contributed by atoms with Gasteiger partial charge in [0.1, 0.15) is 0 Å². The molecular weight excluding hydrogens is 875 g/mol. The first-order chi connectivity index (χ1) is 35.0. The van der Waals surface area contributed by atoms with Crippen molar-refractivity contribution >= 4 is 11.9 Å². The van der Waals surface area contributed by atoms with Crippen LogP contribution in [0.15, 0.2) is 12.2 Å². The number of rotatable bonds is 61. The van der Waals surface area contributed by atoms with Crippen molar-refractivity contribution in [2.75, 3.05) is 13.2 Å². The third kappa shape index (κ3) is 57.7. The SMILES string of the molecule is CCCCCCC/C=C\CCCCCCCC(=O)OCCCCCCCCCCCCCCCCCCCCCCC(=O)NC(CO)C(O)CCCCCCCCCCCCCCCCCCCCCC. The highest BCUT2D eigenvalue weighted by Gasteiger charge is 2.20. The van der Waals surface area contributed by atoms with Crippen molar-refractivity contribution in [1.29, 1.82) is 0 Å². The number of nitrogens with one attached hydrogen (secondary N) is 1. The van der Waals surface area contributed by atoms with E-state index in [4.69, 9.17) is 4.74 Å². The Bertz CT molecular complexity index is 1060. The molecule has 6 nitrogen and oxygen atoms in total. The zero-order valence-electron chi connectivity index (χ0n) is 48.2. The molecule has 1 amide bonds. The Morgan fingerprint density at radius 2 is 0.662 bits per heavy atom. The Hall–Kier alpha value is -1.40. The van der Waals surface area contributed by atoms with Gasteiger partial charge in [0.05, 0.1) is 25.4 Å². The second-order valence-corrected chi connectivity index (χ2v) is 22.5. The van der Waals surface area contributed by atoms with E-state index in [0.717, 1.165) is 44.9 Å². The lowest BCUT2D eigenvalue weighted by Crippen LogP contribution is -2.45. The summed E-state index contributed by atoms with van der Waals surface area (Å²) >= 11 is 0. The number of carbonyl (C=O) groups is 2. The number of aliphatic hydroxyl groups excluding tert-OH is 2. The summed E-state index contributed by atoms with van der Waals surface area (Å²) in [5, 5.41) is 23.4. The molecule has 2 unspecified atom stereocenters. The van der Waals surface area contributed by atoms with Crippen LogP contribution in [0.4, 0.5) is 0 Å². The highest BCUT2D eigenvalue weighted by molar-refractivity contribution is 5.76. The third-order valence-electron chi connectivity index (χ3n) is 15.3. The molecule has 0 radical (unpaired) electrons. The van der Waals surface area contributed by atoms with Crippen LogP contribution in [0.1, 0.15) is 367 Å². The molecule has 71 heavy (non-hydrogen) atoms. The minimum absolute atomic E-state index is 0.00310. The van der Waals surface area contributed by atoms with Gasteiger partial charge in [-0.1, -0.05) is 315 Å². The first-order valence-electron chi connectivity index (χ1n) is 32.4. The number of hydrogen-bond acceptors (Lipinski definition) is 5. The fourth-order valence-electron chi connectivity index (χ4n) is 10.3. The molecule has 0 rings (SSSR count).